The molecule has 1 aliphatic heterocycles. The van der Waals surface area contributed by atoms with Gasteiger partial charge in [0.25, 0.3) is 5.91 Å². The Balaban J connectivity index is 1.48. The lowest BCUT2D eigenvalue weighted by molar-refractivity contribution is -0.137. The summed E-state index contributed by atoms with van der Waals surface area (Å²) >= 11 is 0. The average molecular weight is 536 g/mol. The number of piperidine rings is 1. The number of carbonyl (C=O) groups excluding carboxylic acids is 1. The first-order chi connectivity index (χ1) is 18.1. The van der Waals surface area contributed by atoms with E-state index in [1.807, 2.05) is 0 Å². The van der Waals surface area contributed by atoms with E-state index in [9.17, 15) is 18.0 Å². The summed E-state index contributed by atoms with van der Waals surface area (Å²) in [5, 5.41) is 8.85. The molecule has 2 fully saturated rings. The number of ether oxygens (including phenoxy) is 1. The highest BCUT2D eigenvalue weighted by Crippen LogP contribution is 2.35. The third kappa shape index (κ3) is 7.04. The van der Waals surface area contributed by atoms with Crippen LogP contribution in [0.2, 0.25) is 0 Å². The zero-order chi connectivity index (χ0) is 27.3. The lowest BCUT2D eigenvalue weighted by atomic mass is 9.85. The zero-order valence-corrected chi connectivity index (χ0v) is 21.8. The number of nitrogens with one attached hydrogen (secondary N) is 3. The number of anilines is 3. The van der Waals surface area contributed by atoms with Crippen LogP contribution in [0.5, 0.6) is 5.75 Å². The van der Waals surface area contributed by atoms with E-state index in [-0.39, 0.29) is 35.7 Å². The molecule has 4 rings (SSSR count). The Morgan fingerprint density at radius 1 is 1.18 bits per heavy atom. The number of halogens is 3. The van der Waals surface area contributed by atoms with Gasteiger partial charge in [-0.05, 0) is 69.9 Å². The van der Waals surface area contributed by atoms with Crippen molar-refractivity contribution in [1.82, 2.24) is 20.2 Å². The van der Waals surface area contributed by atoms with E-state index in [0.717, 1.165) is 57.8 Å². The van der Waals surface area contributed by atoms with E-state index < -0.39 is 11.7 Å². The van der Waals surface area contributed by atoms with Gasteiger partial charge in [-0.25, -0.2) is 4.98 Å². The van der Waals surface area contributed by atoms with E-state index in [2.05, 4.69) is 37.9 Å². The molecule has 0 spiro atoms. The minimum absolute atomic E-state index is 0.0322. The Bertz CT molecular complexity index is 1110. The normalized spacial score (nSPS) is 21.1. The van der Waals surface area contributed by atoms with Crippen LogP contribution in [0.3, 0.4) is 0 Å². The maximum Gasteiger partial charge on any atom is 0.421 e. The van der Waals surface area contributed by atoms with Crippen LogP contribution in [0.4, 0.5) is 30.6 Å². The van der Waals surface area contributed by atoms with E-state index >= 15 is 0 Å². The summed E-state index contributed by atoms with van der Waals surface area (Å²) in [6.07, 6.45) is 1.68. The standard InChI is InChI=1S/C26H36F3N7O2/c1-36-11-9-18(10-12-36)33-24(37)16-7-8-21(22(13-16)38-2)34-25-32-15-19(26(27,28)29)23(35-25)31-14-17-5-3-4-6-20(17)30/h7-8,13,15,17-18,20H,3-6,9-12,14,30H2,1-2H3,(H,33,37)(H2,31,32,34,35)/t17?,20-/m1/s1. The molecule has 1 aliphatic carbocycles. The minimum atomic E-state index is -4.62. The third-order valence-corrected chi connectivity index (χ3v) is 7.36. The molecule has 12 heteroatoms. The van der Waals surface area contributed by atoms with Crippen molar-refractivity contribution >= 4 is 23.4 Å². The van der Waals surface area contributed by atoms with E-state index in [1.165, 1.54) is 7.11 Å². The molecule has 1 aromatic carbocycles. The Kier molecular flexibility index (Phi) is 8.93. The topological polar surface area (TPSA) is 117 Å². The molecular formula is C26H36F3N7O2. The Labute approximate surface area is 220 Å². The number of nitrogens with two attached hydrogens (primary N) is 1. The van der Waals surface area contributed by atoms with Crippen molar-refractivity contribution in [2.24, 2.45) is 11.7 Å². The molecule has 5 N–H and O–H groups in total. The van der Waals surface area contributed by atoms with Gasteiger partial charge in [0, 0.05) is 30.4 Å². The maximum atomic E-state index is 13.6. The molecule has 1 saturated carbocycles. The fourth-order valence-corrected chi connectivity index (χ4v) is 4.98. The van der Waals surface area contributed by atoms with Gasteiger partial charge in [0.2, 0.25) is 5.95 Å². The van der Waals surface area contributed by atoms with E-state index in [4.69, 9.17) is 10.5 Å². The van der Waals surface area contributed by atoms with E-state index in [1.54, 1.807) is 18.2 Å². The Hall–Kier alpha value is -3.12. The van der Waals surface area contributed by atoms with Gasteiger partial charge in [0.15, 0.2) is 0 Å². The quantitative estimate of drug-likeness (QED) is 0.401. The highest BCUT2D eigenvalue weighted by Gasteiger charge is 2.36. The SMILES string of the molecule is COc1cc(C(=O)NC2CCN(C)CC2)ccc1Nc1ncc(C(F)(F)F)c(NCC2CCCC[C@H]2N)n1. The summed E-state index contributed by atoms with van der Waals surface area (Å²) in [7, 11) is 3.51. The summed E-state index contributed by atoms with van der Waals surface area (Å²) in [5.74, 6) is -0.129. The van der Waals surface area contributed by atoms with Crippen LogP contribution in [0.15, 0.2) is 24.4 Å². The number of likely N-dealkylation sites (tertiary alicyclic amines) is 1. The molecule has 0 radical (unpaired) electrons. The second-order valence-corrected chi connectivity index (χ2v) is 10.1. The monoisotopic (exact) mass is 535 g/mol. The lowest BCUT2D eigenvalue weighted by Gasteiger charge is -2.29. The molecule has 2 aromatic rings. The molecule has 9 nitrogen and oxygen atoms in total. The smallest absolute Gasteiger partial charge is 0.421 e. The molecule has 208 valence electrons. The van der Waals surface area contributed by atoms with Crippen molar-refractivity contribution in [3.8, 4) is 5.75 Å². The molecule has 1 unspecified atom stereocenters. The number of rotatable bonds is 8. The summed E-state index contributed by atoms with van der Waals surface area (Å²) in [5.41, 5.74) is 6.07. The predicted octanol–water partition coefficient (Wildman–Crippen LogP) is 4.00. The summed E-state index contributed by atoms with van der Waals surface area (Å²) in [6.45, 7) is 2.15. The second-order valence-electron chi connectivity index (χ2n) is 10.1. The molecule has 2 heterocycles. The number of amides is 1. The van der Waals surface area contributed by atoms with Crippen LogP contribution in [0.25, 0.3) is 0 Å². The van der Waals surface area contributed by atoms with Crippen LogP contribution >= 0.6 is 0 Å². The van der Waals surface area contributed by atoms with Gasteiger partial charge in [0.1, 0.15) is 17.1 Å². The first-order valence-electron chi connectivity index (χ1n) is 13.0. The first kappa shape index (κ1) is 27.9. The fraction of sp³-hybridized carbons (Fsp3) is 0.577. The van der Waals surface area contributed by atoms with Crippen LogP contribution in [0.1, 0.15) is 54.4 Å². The number of methoxy groups -OCH3 is 1. The zero-order valence-electron chi connectivity index (χ0n) is 21.8. The molecule has 2 aliphatic rings. The molecule has 1 saturated heterocycles. The number of hydrogen-bond acceptors (Lipinski definition) is 8. The van der Waals surface area contributed by atoms with Gasteiger partial charge in [-0.15, -0.1) is 0 Å². The fourth-order valence-electron chi connectivity index (χ4n) is 4.98. The largest absolute Gasteiger partial charge is 0.495 e. The van der Waals surface area contributed by atoms with Gasteiger partial charge in [-0.3, -0.25) is 4.79 Å². The Morgan fingerprint density at radius 2 is 1.92 bits per heavy atom. The van der Waals surface area contributed by atoms with Crippen molar-refractivity contribution in [2.75, 3.05) is 44.4 Å². The predicted molar refractivity (Wildman–Crippen MR) is 140 cm³/mol. The van der Waals surface area contributed by atoms with Gasteiger partial charge in [-0.2, -0.15) is 18.2 Å². The number of aromatic nitrogens is 2. The van der Waals surface area contributed by atoms with Crippen molar-refractivity contribution in [3.63, 3.8) is 0 Å². The molecule has 38 heavy (non-hydrogen) atoms. The number of benzene rings is 1. The summed E-state index contributed by atoms with van der Waals surface area (Å²) in [6, 6.07) is 4.89. The number of alkyl halides is 3. The highest BCUT2D eigenvalue weighted by atomic mass is 19.4. The molecule has 1 amide bonds. The Morgan fingerprint density at radius 3 is 2.61 bits per heavy atom. The van der Waals surface area contributed by atoms with Crippen molar-refractivity contribution < 1.29 is 22.7 Å². The molecule has 1 aromatic heterocycles. The van der Waals surface area contributed by atoms with E-state index in [0.29, 0.717) is 23.5 Å². The number of hydrogen-bond donors (Lipinski definition) is 4. The first-order valence-corrected chi connectivity index (χ1v) is 13.0. The average Bonchev–Trinajstić information content (AvgIpc) is 2.89. The van der Waals surface area contributed by atoms with Gasteiger partial charge in [-0.1, -0.05) is 12.8 Å². The number of carbonyl (C=O) groups is 1. The van der Waals surface area contributed by atoms with Gasteiger partial charge >= 0.3 is 6.18 Å². The van der Waals surface area contributed by atoms with Crippen LogP contribution in [-0.4, -0.2) is 66.7 Å². The van der Waals surface area contributed by atoms with Crippen molar-refractivity contribution in [3.05, 3.63) is 35.5 Å². The summed E-state index contributed by atoms with van der Waals surface area (Å²) < 4.78 is 46.4. The lowest BCUT2D eigenvalue weighted by Crippen LogP contribution is -2.43. The van der Waals surface area contributed by atoms with Gasteiger partial charge < -0.3 is 31.3 Å². The third-order valence-electron chi connectivity index (χ3n) is 7.36. The molecular weight excluding hydrogens is 499 g/mol. The number of nitrogens with zero attached hydrogens (tertiary/aromatic N) is 3. The second kappa shape index (κ2) is 12.2. The minimum Gasteiger partial charge on any atom is -0.495 e. The van der Waals surface area contributed by atoms with Crippen LogP contribution < -0.4 is 26.4 Å². The van der Waals surface area contributed by atoms with Gasteiger partial charge in [0.05, 0.1) is 12.8 Å². The van der Waals surface area contributed by atoms with Crippen LogP contribution in [-0.2, 0) is 6.18 Å². The van der Waals surface area contributed by atoms with Crippen molar-refractivity contribution in [2.45, 2.75) is 56.8 Å². The maximum absolute atomic E-state index is 13.6. The van der Waals surface area contributed by atoms with Crippen LogP contribution in [0, 0.1) is 5.92 Å². The van der Waals surface area contributed by atoms with Crippen molar-refractivity contribution in [1.29, 1.82) is 0 Å². The summed E-state index contributed by atoms with van der Waals surface area (Å²) in [4.78, 5) is 23.0. The molecule has 0 bridgehead atoms. The highest BCUT2D eigenvalue weighted by molar-refractivity contribution is 5.95. The molecule has 2 atom stereocenters.